The molecule has 0 fully saturated rings. The molecule has 5 nitrogen and oxygen atoms in total. The average Bonchev–Trinajstić information content (AvgIpc) is 3.08. The fourth-order valence-electron chi connectivity index (χ4n) is 5.01. The van der Waals surface area contributed by atoms with Crippen LogP contribution in [0, 0.1) is 6.92 Å². The Morgan fingerprint density at radius 1 is 1.19 bits per heavy atom. The van der Waals surface area contributed by atoms with Crippen LogP contribution < -0.4 is 4.74 Å². The van der Waals surface area contributed by atoms with Gasteiger partial charge < -0.3 is 18.8 Å². The second-order valence-corrected chi connectivity index (χ2v) is 9.16. The molecule has 2 aromatic carbocycles. The average molecular weight is 420 g/mol. The van der Waals surface area contributed by atoms with Gasteiger partial charge in [0.2, 0.25) is 0 Å². The summed E-state index contributed by atoms with van der Waals surface area (Å²) >= 11 is 0. The Bertz CT molecular complexity index is 1160. The van der Waals surface area contributed by atoms with Crippen LogP contribution in [0.5, 0.6) is 5.75 Å². The monoisotopic (exact) mass is 419 g/mol. The van der Waals surface area contributed by atoms with E-state index >= 15 is 0 Å². The minimum absolute atomic E-state index is 0.0537. The summed E-state index contributed by atoms with van der Waals surface area (Å²) in [5, 5.41) is 0.951. The third-order valence-corrected chi connectivity index (χ3v) is 6.46. The molecule has 162 valence electrons. The van der Waals surface area contributed by atoms with E-state index in [-0.39, 0.29) is 17.6 Å². The van der Waals surface area contributed by atoms with Crippen molar-refractivity contribution in [3.05, 3.63) is 64.4 Å². The lowest BCUT2D eigenvalue weighted by Crippen LogP contribution is -2.36. The Morgan fingerprint density at radius 3 is 2.74 bits per heavy atom. The van der Waals surface area contributed by atoms with Gasteiger partial charge in [-0.25, -0.2) is 0 Å². The maximum Gasteiger partial charge on any atom is 0.290 e. The Kier molecular flexibility index (Phi) is 4.82. The number of rotatable bonds is 3. The zero-order valence-corrected chi connectivity index (χ0v) is 18.7. The summed E-state index contributed by atoms with van der Waals surface area (Å²) in [5.41, 5.74) is 4.80. The fourth-order valence-corrected chi connectivity index (χ4v) is 5.01. The quantitative estimate of drug-likeness (QED) is 0.556. The Balaban J connectivity index is 1.55. The number of fused-ring (bicyclic) bond motifs is 4. The summed E-state index contributed by atoms with van der Waals surface area (Å²) in [6.07, 6.45) is 1.53. The van der Waals surface area contributed by atoms with Crippen molar-refractivity contribution in [2.24, 2.45) is 0 Å². The first-order valence-electron chi connectivity index (χ1n) is 11.1. The summed E-state index contributed by atoms with van der Waals surface area (Å²) < 4.78 is 18.5. The van der Waals surface area contributed by atoms with E-state index in [0.29, 0.717) is 31.0 Å². The lowest BCUT2D eigenvalue weighted by Gasteiger charge is -2.37. The molecule has 1 aromatic heterocycles. The van der Waals surface area contributed by atoms with Crippen molar-refractivity contribution in [2.45, 2.75) is 58.8 Å². The van der Waals surface area contributed by atoms with Gasteiger partial charge in [0.15, 0.2) is 5.76 Å². The van der Waals surface area contributed by atoms with Crippen molar-refractivity contribution >= 4 is 16.9 Å². The summed E-state index contributed by atoms with van der Waals surface area (Å²) in [6.45, 7) is 10.1. The van der Waals surface area contributed by atoms with Gasteiger partial charge in [-0.1, -0.05) is 24.3 Å². The zero-order chi connectivity index (χ0) is 21.8. The number of hydrogen-bond acceptors (Lipinski definition) is 4. The minimum Gasteiger partial charge on any atom is -0.487 e. The summed E-state index contributed by atoms with van der Waals surface area (Å²) in [5.74, 6) is 1.18. The van der Waals surface area contributed by atoms with Crippen LogP contribution in [0.3, 0.4) is 0 Å². The van der Waals surface area contributed by atoms with E-state index in [0.717, 1.165) is 35.1 Å². The molecule has 3 aromatic rings. The molecule has 0 aliphatic carbocycles. The molecule has 0 bridgehead atoms. The third kappa shape index (κ3) is 3.41. The van der Waals surface area contributed by atoms with Gasteiger partial charge in [-0.2, -0.15) is 0 Å². The molecule has 1 amide bonds. The molecule has 5 rings (SSSR count). The summed E-state index contributed by atoms with van der Waals surface area (Å²) in [7, 11) is 0. The van der Waals surface area contributed by atoms with E-state index in [2.05, 4.69) is 32.0 Å². The van der Waals surface area contributed by atoms with Gasteiger partial charge in [-0.15, -0.1) is 0 Å². The molecule has 0 unspecified atom stereocenters. The molecule has 2 aliphatic rings. The predicted octanol–water partition coefficient (Wildman–Crippen LogP) is 5.58. The Morgan fingerprint density at radius 2 is 1.97 bits per heavy atom. The molecular weight excluding hydrogens is 390 g/mol. The number of carbonyl (C=O) groups is 1. The number of aryl methyl sites for hydroxylation is 1. The highest BCUT2D eigenvalue weighted by atomic mass is 16.5. The van der Waals surface area contributed by atoms with Crippen LogP contribution in [-0.2, 0) is 17.7 Å². The molecule has 0 N–H and O–H groups in total. The number of carbonyl (C=O) groups excluding carboxylic acids is 1. The first-order valence-corrected chi connectivity index (χ1v) is 11.1. The molecule has 1 atom stereocenters. The first kappa shape index (κ1) is 20.1. The van der Waals surface area contributed by atoms with E-state index in [4.69, 9.17) is 13.9 Å². The van der Waals surface area contributed by atoms with E-state index in [1.165, 1.54) is 11.1 Å². The zero-order valence-electron chi connectivity index (χ0n) is 18.7. The molecule has 0 saturated carbocycles. The highest BCUT2D eigenvalue weighted by Crippen LogP contribution is 2.47. The molecule has 0 saturated heterocycles. The topological polar surface area (TPSA) is 51.9 Å². The molecule has 0 spiro atoms. The number of furan rings is 1. The molecule has 3 heterocycles. The van der Waals surface area contributed by atoms with Crippen LogP contribution >= 0.6 is 0 Å². The summed E-state index contributed by atoms with van der Waals surface area (Å²) in [4.78, 5) is 15.3. The van der Waals surface area contributed by atoms with Crippen molar-refractivity contribution in [1.82, 2.24) is 4.90 Å². The number of nitrogens with zero attached hydrogens (tertiary/aromatic N) is 1. The number of benzene rings is 2. The van der Waals surface area contributed by atoms with E-state index in [9.17, 15) is 4.79 Å². The van der Waals surface area contributed by atoms with Gasteiger partial charge in [-0.3, -0.25) is 4.79 Å². The molecule has 2 aliphatic heterocycles. The number of amides is 1. The molecule has 31 heavy (non-hydrogen) atoms. The van der Waals surface area contributed by atoms with Gasteiger partial charge in [0.05, 0.1) is 6.10 Å². The van der Waals surface area contributed by atoms with E-state index in [1.54, 1.807) is 0 Å². The normalized spacial score (nSPS) is 19.6. The molecular formula is C26H29NO4. The van der Waals surface area contributed by atoms with Gasteiger partial charge >= 0.3 is 0 Å². The smallest absolute Gasteiger partial charge is 0.290 e. The SMILES string of the molecule is CCO[C@H]1CC(C)(C)Oc2ccc3oc(C(=O)N4CCc5ccccc5C4)c(C)c3c21. The molecule has 0 radical (unpaired) electrons. The van der Waals surface area contributed by atoms with Crippen LogP contribution in [0.2, 0.25) is 0 Å². The van der Waals surface area contributed by atoms with Crippen LogP contribution in [0.15, 0.2) is 40.8 Å². The van der Waals surface area contributed by atoms with E-state index < -0.39 is 0 Å². The van der Waals surface area contributed by atoms with Gasteiger partial charge in [0.1, 0.15) is 16.9 Å². The lowest BCUT2D eigenvalue weighted by molar-refractivity contribution is -0.0264. The lowest BCUT2D eigenvalue weighted by atomic mass is 9.88. The Hall–Kier alpha value is -2.79. The predicted molar refractivity (Wildman–Crippen MR) is 120 cm³/mol. The maximum atomic E-state index is 13.4. The maximum absolute atomic E-state index is 13.4. The van der Waals surface area contributed by atoms with E-state index in [1.807, 2.05) is 36.9 Å². The second kappa shape index (κ2) is 7.41. The van der Waals surface area contributed by atoms with Crippen LogP contribution in [0.25, 0.3) is 11.0 Å². The van der Waals surface area contributed by atoms with Crippen molar-refractivity contribution in [2.75, 3.05) is 13.2 Å². The largest absolute Gasteiger partial charge is 0.487 e. The number of ether oxygens (including phenoxy) is 2. The highest BCUT2D eigenvalue weighted by molar-refractivity contribution is 6.00. The highest BCUT2D eigenvalue weighted by Gasteiger charge is 2.37. The minimum atomic E-state index is -0.308. The fraction of sp³-hybridized carbons (Fsp3) is 0.423. The van der Waals surface area contributed by atoms with Gasteiger partial charge in [0, 0.05) is 42.6 Å². The van der Waals surface area contributed by atoms with Crippen molar-refractivity contribution < 1.29 is 18.7 Å². The van der Waals surface area contributed by atoms with Crippen LogP contribution in [-0.4, -0.2) is 29.6 Å². The van der Waals surface area contributed by atoms with Gasteiger partial charge in [0.25, 0.3) is 5.91 Å². The second-order valence-electron chi connectivity index (χ2n) is 9.16. The van der Waals surface area contributed by atoms with Crippen molar-refractivity contribution in [3.8, 4) is 5.75 Å². The Labute approximate surface area is 182 Å². The first-order chi connectivity index (χ1) is 14.9. The molecule has 5 heteroatoms. The summed E-state index contributed by atoms with van der Waals surface area (Å²) in [6, 6.07) is 12.2. The van der Waals surface area contributed by atoms with Crippen LogP contribution in [0.4, 0.5) is 0 Å². The van der Waals surface area contributed by atoms with Crippen LogP contribution in [0.1, 0.15) is 66.1 Å². The van der Waals surface area contributed by atoms with Gasteiger partial charge in [-0.05, 0) is 57.4 Å². The third-order valence-electron chi connectivity index (χ3n) is 6.46. The standard InChI is InChI=1S/C26H29NO4/c1-5-29-21-14-26(3,4)31-20-11-10-19-22(23(20)21)16(2)24(30-19)25(28)27-13-12-17-8-6-7-9-18(17)15-27/h6-11,21H,5,12-15H2,1-4H3/t21-/m0/s1. The number of hydrogen-bond donors (Lipinski definition) is 0. The van der Waals surface area contributed by atoms with Crippen molar-refractivity contribution in [3.63, 3.8) is 0 Å². The van der Waals surface area contributed by atoms with Crippen molar-refractivity contribution in [1.29, 1.82) is 0 Å².